The van der Waals surface area contributed by atoms with Crippen molar-refractivity contribution in [2.75, 3.05) is 13.2 Å². The summed E-state index contributed by atoms with van der Waals surface area (Å²) >= 11 is 0. The standard InChI is InChI=1S/C31H38O12/c1-15-19(34)12-31(39)26(42-27(38)18-9-7-6-8-10-18)24-29(13-40-16(2)32,25(37)23(36)22(15)28(31,4)5)20(35)11-21-30(24,14-41-21)43-17(3)33/h6-10,15,20-24,26,35-36,39H,11-14H2,1-5H3/t15-,20+,21-,22-,23-,24+,26+,29-,30+,31-/m1/s1. The van der Waals surface area contributed by atoms with E-state index in [0.29, 0.717) is 0 Å². The van der Waals surface area contributed by atoms with Gasteiger partial charge in [0.2, 0.25) is 0 Å². The molecule has 1 aromatic carbocycles. The lowest BCUT2D eigenvalue weighted by atomic mass is 9.42. The zero-order valence-electron chi connectivity index (χ0n) is 24.8. The molecule has 0 aromatic heterocycles. The molecule has 1 aromatic rings. The number of aliphatic hydroxyl groups is 3. The van der Waals surface area contributed by atoms with Crippen LogP contribution in [0.4, 0.5) is 0 Å². The lowest BCUT2D eigenvalue weighted by Crippen LogP contribution is -2.84. The molecule has 4 fully saturated rings. The predicted octanol–water partition coefficient (Wildman–Crippen LogP) is 0.769. The number of hydrogen-bond donors (Lipinski definition) is 3. The Morgan fingerprint density at radius 2 is 1.70 bits per heavy atom. The van der Waals surface area contributed by atoms with Crippen LogP contribution in [-0.4, -0.2) is 93.6 Å². The molecule has 234 valence electrons. The first-order chi connectivity index (χ1) is 20.0. The second kappa shape index (κ2) is 10.5. The van der Waals surface area contributed by atoms with E-state index in [2.05, 4.69) is 0 Å². The van der Waals surface area contributed by atoms with Crippen molar-refractivity contribution in [2.45, 2.75) is 83.1 Å². The van der Waals surface area contributed by atoms with Crippen LogP contribution in [0.5, 0.6) is 0 Å². The van der Waals surface area contributed by atoms with E-state index in [1.54, 1.807) is 39.0 Å². The van der Waals surface area contributed by atoms with Crippen molar-refractivity contribution >= 4 is 29.5 Å². The number of benzene rings is 1. The molecule has 12 nitrogen and oxygen atoms in total. The highest BCUT2D eigenvalue weighted by atomic mass is 16.6. The van der Waals surface area contributed by atoms with Gasteiger partial charge in [0.25, 0.3) is 0 Å². The molecular weight excluding hydrogens is 564 g/mol. The Balaban J connectivity index is 1.84. The number of ether oxygens (including phenoxy) is 4. The number of Topliss-reactive ketones (excluding diaryl/α,β-unsaturated/α-hetero) is 2. The maximum absolute atomic E-state index is 14.7. The Morgan fingerprint density at radius 3 is 2.26 bits per heavy atom. The SMILES string of the molecule is CC(=O)OC[C@]12C(=O)[C@H](O)[C@H]3[C@H](C)C(=O)C[C@@](O)([C@@H](OC(=O)c4ccccc4)[C@@H]1[C@]1(OC(C)=O)CO[C@@H]1C[C@@H]2O)C3(C)C. The van der Waals surface area contributed by atoms with Crippen LogP contribution in [0.25, 0.3) is 0 Å². The molecule has 4 aliphatic rings. The topological polar surface area (TPSA) is 183 Å². The fourth-order valence-electron chi connectivity index (χ4n) is 8.27. The van der Waals surface area contributed by atoms with Crippen LogP contribution in [0.3, 0.4) is 0 Å². The van der Waals surface area contributed by atoms with Gasteiger partial charge >= 0.3 is 17.9 Å². The second-order valence-corrected chi connectivity index (χ2v) is 13.0. The largest absolute Gasteiger partial charge is 0.465 e. The number of ketones is 2. The molecule has 0 unspecified atom stereocenters. The molecule has 1 heterocycles. The number of carbonyl (C=O) groups is 5. The third kappa shape index (κ3) is 4.36. The Kier molecular flexibility index (Phi) is 7.60. The number of fused-ring (bicyclic) bond motifs is 5. The zero-order chi connectivity index (χ0) is 31.7. The number of rotatable bonds is 5. The molecule has 0 amide bonds. The normalized spacial score (nSPS) is 41.3. The molecule has 43 heavy (non-hydrogen) atoms. The van der Waals surface area contributed by atoms with Gasteiger partial charge in [-0.3, -0.25) is 19.2 Å². The molecule has 0 radical (unpaired) electrons. The summed E-state index contributed by atoms with van der Waals surface area (Å²) < 4.78 is 23.1. The van der Waals surface area contributed by atoms with E-state index in [9.17, 15) is 39.3 Å². The van der Waals surface area contributed by atoms with Crippen molar-refractivity contribution in [3.05, 3.63) is 35.9 Å². The molecule has 0 spiro atoms. The van der Waals surface area contributed by atoms with Crippen molar-refractivity contribution in [2.24, 2.45) is 28.6 Å². The monoisotopic (exact) mass is 602 g/mol. The van der Waals surface area contributed by atoms with Crippen LogP contribution in [-0.2, 0) is 38.1 Å². The highest BCUT2D eigenvalue weighted by molar-refractivity contribution is 5.94. The van der Waals surface area contributed by atoms with Crippen molar-refractivity contribution in [1.29, 1.82) is 0 Å². The summed E-state index contributed by atoms with van der Waals surface area (Å²) in [6.45, 7) is 5.82. The van der Waals surface area contributed by atoms with E-state index in [0.717, 1.165) is 13.8 Å². The molecule has 3 saturated carbocycles. The van der Waals surface area contributed by atoms with Gasteiger partial charge in [0.1, 0.15) is 41.7 Å². The fourth-order valence-corrected chi connectivity index (χ4v) is 8.27. The average molecular weight is 603 g/mol. The number of esters is 3. The van der Waals surface area contributed by atoms with E-state index < -0.39 is 107 Å². The molecule has 2 bridgehead atoms. The van der Waals surface area contributed by atoms with E-state index in [4.69, 9.17) is 18.9 Å². The lowest BCUT2D eigenvalue weighted by Gasteiger charge is -2.68. The van der Waals surface area contributed by atoms with Crippen LogP contribution in [0, 0.1) is 28.6 Å². The van der Waals surface area contributed by atoms with Crippen LogP contribution in [0.1, 0.15) is 57.8 Å². The Morgan fingerprint density at radius 1 is 1.05 bits per heavy atom. The van der Waals surface area contributed by atoms with Crippen LogP contribution in [0.15, 0.2) is 30.3 Å². The van der Waals surface area contributed by atoms with Gasteiger partial charge in [-0.15, -0.1) is 0 Å². The van der Waals surface area contributed by atoms with Crippen LogP contribution >= 0.6 is 0 Å². The Hall–Kier alpha value is -3.19. The van der Waals surface area contributed by atoms with Crippen molar-refractivity contribution in [3.63, 3.8) is 0 Å². The van der Waals surface area contributed by atoms with Gasteiger partial charge in [-0.25, -0.2) is 4.79 Å². The average Bonchev–Trinajstić information content (AvgIpc) is 2.93. The second-order valence-electron chi connectivity index (χ2n) is 13.0. The number of hydrogen-bond acceptors (Lipinski definition) is 12. The smallest absolute Gasteiger partial charge is 0.338 e. The molecule has 12 heteroatoms. The summed E-state index contributed by atoms with van der Waals surface area (Å²) in [5.41, 5.74) is -7.64. The van der Waals surface area contributed by atoms with Crippen LogP contribution in [0.2, 0.25) is 0 Å². The third-order valence-electron chi connectivity index (χ3n) is 10.5. The molecule has 3 aliphatic carbocycles. The Labute approximate surface area is 248 Å². The number of aliphatic hydroxyl groups excluding tert-OH is 2. The minimum Gasteiger partial charge on any atom is -0.465 e. The first kappa shape index (κ1) is 31.2. The van der Waals surface area contributed by atoms with Gasteiger partial charge in [-0.2, -0.15) is 0 Å². The molecule has 5 rings (SSSR count). The van der Waals surface area contributed by atoms with E-state index in [-0.39, 0.29) is 18.6 Å². The maximum atomic E-state index is 14.7. The third-order valence-corrected chi connectivity index (χ3v) is 10.5. The first-order valence-corrected chi connectivity index (χ1v) is 14.4. The summed E-state index contributed by atoms with van der Waals surface area (Å²) in [5, 5.41) is 36.4. The zero-order valence-corrected chi connectivity index (χ0v) is 24.8. The van der Waals surface area contributed by atoms with Crippen LogP contribution < -0.4 is 0 Å². The maximum Gasteiger partial charge on any atom is 0.338 e. The lowest BCUT2D eigenvalue weighted by molar-refractivity contribution is -0.355. The van der Waals surface area contributed by atoms with Gasteiger partial charge in [0, 0.05) is 43.9 Å². The van der Waals surface area contributed by atoms with Gasteiger partial charge in [-0.05, 0) is 12.1 Å². The molecule has 1 saturated heterocycles. The highest BCUT2D eigenvalue weighted by Crippen LogP contribution is 2.64. The summed E-state index contributed by atoms with van der Waals surface area (Å²) in [5.74, 6) is -7.69. The first-order valence-electron chi connectivity index (χ1n) is 14.4. The van der Waals surface area contributed by atoms with Gasteiger partial charge in [0.15, 0.2) is 11.4 Å². The van der Waals surface area contributed by atoms with Gasteiger partial charge < -0.3 is 34.3 Å². The van der Waals surface area contributed by atoms with Gasteiger partial charge in [0.05, 0.1) is 24.2 Å². The van der Waals surface area contributed by atoms with E-state index in [1.807, 2.05) is 0 Å². The summed E-state index contributed by atoms with van der Waals surface area (Å²) in [7, 11) is 0. The molecule has 10 atom stereocenters. The quantitative estimate of drug-likeness (QED) is 0.318. The Bertz CT molecular complexity index is 1340. The fraction of sp³-hybridized carbons (Fsp3) is 0.645. The van der Waals surface area contributed by atoms with Crippen molar-refractivity contribution in [3.8, 4) is 0 Å². The van der Waals surface area contributed by atoms with Crippen molar-refractivity contribution < 1.29 is 58.2 Å². The highest BCUT2D eigenvalue weighted by Gasteiger charge is 2.80. The van der Waals surface area contributed by atoms with E-state index >= 15 is 0 Å². The number of carbonyl (C=O) groups excluding carboxylic acids is 5. The summed E-state index contributed by atoms with van der Waals surface area (Å²) in [4.78, 5) is 66.7. The predicted molar refractivity (Wildman–Crippen MR) is 145 cm³/mol. The minimum atomic E-state index is -2.26. The van der Waals surface area contributed by atoms with Gasteiger partial charge in [-0.1, -0.05) is 39.0 Å². The van der Waals surface area contributed by atoms with E-state index in [1.165, 1.54) is 12.1 Å². The summed E-state index contributed by atoms with van der Waals surface area (Å²) in [6, 6.07) is 7.83. The summed E-state index contributed by atoms with van der Waals surface area (Å²) in [6.07, 6.45) is -7.19. The van der Waals surface area contributed by atoms with Crippen molar-refractivity contribution in [1.82, 2.24) is 0 Å². The minimum absolute atomic E-state index is 0.0919. The molecular formula is C31H38O12. The molecule has 1 aliphatic heterocycles. The molecule has 3 N–H and O–H groups in total.